The standard InChI is InChI=1S/C14H13BrN2O2/c15-10-2-3-11(16)12(6-10)17-7-9-1-4-13-14(5-9)19-8-18-13/h1-6,17H,7-8,16H2. The molecule has 2 aromatic carbocycles. The van der Waals surface area contributed by atoms with Crippen LogP contribution in [0.25, 0.3) is 0 Å². The fraction of sp³-hybridized carbons (Fsp3) is 0.143. The molecule has 0 radical (unpaired) electrons. The van der Waals surface area contributed by atoms with Crippen molar-refractivity contribution >= 4 is 27.3 Å². The average Bonchev–Trinajstić information content (AvgIpc) is 2.87. The lowest BCUT2D eigenvalue weighted by Gasteiger charge is -2.10. The molecule has 0 atom stereocenters. The van der Waals surface area contributed by atoms with E-state index in [1.54, 1.807) is 0 Å². The molecule has 0 aliphatic carbocycles. The lowest BCUT2D eigenvalue weighted by molar-refractivity contribution is 0.174. The third kappa shape index (κ3) is 2.61. The molecule has 4 nitrogen and oxygen atoms in total. The monoisotopic (exact) mass is 320 g/mol. The molecule has 0 saturated carbocycles. The summed E-state index contributed by atoms with van der Waals surface area (Å²) in [4.78, 5) is 0. The van der Waals surface area contributed by atoms with E-state index in [1.807, 2.05) is 36.4 Å². The summed E-state index contributed by atoms with van der Waals surface area (Å²) in [6, 6.07) is 11.7. The molecular formula is C14H13BrN2O2. The number of fused-ring (bicyclic) bond motifs is 1. The van der Waals surface area contributed by atoms with Crippen LogP contribution in [0.3, 0.4) is 0 Å². The molecule has 1 aliphatic rings. The Morgan fingerprint density at radius 3 is 2.84 bits per heavy atom. The summed E-state index contributed by atoms with van der Waals surface area (Å²) in [6.07, 6.45) is 0. The first-order valence-electron chi connectivity index (χ1n) is 5.90. The van der Waals surface area contributed by atoms with Gasteiger partial charge in [0.25, 0.3) is 0 Å². The van der Waals surface area contributed by atoms with Gasteiger partial charge in [-0.05, 0) is 35.9 Å². The molecule has 2 aromatic rings. The summed E-state index contributed by atoms with van der Waals surface area (Å²) in [5.41, 5.74) is 8.67. The third-order valence-corrected chi connectivity index (χ3v) is 3.43. The topological polar surface area (TPSA) is 56.5 Å². The van der Waals surface area contributed by atoms with Gasteiger partial charge in [0, 0.05) is 11.0 Å². The van der Waals surface area contributed by atoms with Crippen LogP contribution in [0.2, 0.25) is 0 Å². The quantitative estimate of drug-likeness (QED) is 0.851. The van der Waals surface area contributed by atoms with Crippen LogP contribution in [-0.2, 0) is 6.54 Å². The van der Waals surface area contributed by atoms with E-state index in [2.05, 4.69) is 21.2 Å². The molecule has 0 saturated heterocycles. The van der Waals surface area contributed by atoms with Gasteiger partial charge >= 0.3 is 0 Å². The van der Waals surface area contributed by atoms with Gasteiger partial charge in [0.05, 0.1) is 11.4 Å². The maximum absolute atomic E-state index is 5.92. The highest BCUT2D eigenvalue weighted by Crippen LogP contribution is 2.33. The molecule has 0 aromatic heterocycles. The zero-order valence-electron chi connectivity index (χ0n) is 10.2. The zero-order valence-corrected chi connectivity index (χ0v) is 11.7. The van der Waals surface area contributed by atoms with Gasteiger partial charge in [-0.25, -0.2) is 0 Å². The number of hydrogen-bond donors (Lipinski definition) is 2. The van der Waals surface area contributed by atoms with Crippen molar-refractivity contribution in [3.8, 4) is 11.5 Å². The van der Waals surface area contributed by atoms with Crippen LogP contribution in [0.15, 0.2) is 40.9 Å². The lowest BCUT2D eigenvalue weighted by Crippen LogP contribution is -2.02. The molecule has 0 spiro atoms. The first-order valence-corrected chi connectivity index (χ1v) is 6.69. The highest BCUT2D eigenvalue weighted by molar-refractivity contribution is 9.10. The number of ether oxygens (including phenoxy) is 2. The molecular weight excluding hydrogens is 308 g/mol. The van der Waals surface area contributed by atoms with Crippen molar-refractivity contribution in [2.24, 2.45) is 0 Å². The normalized spacial score (nSPS) is 12.5. The summed E-state index contributed by atoms with van der Waals surface area (Å²) in [7, 11) is 0. The van der Waals surface area contributed by atoms with Gasteiger partial charge in [-0.1, -0.05) is 22.0 Å². The van der Waals surface area contributed by atoms with Crippen LogP contribution in [0.1, 0.15) is 5.56 Å². The van der Waals surface area contributed by atoms with Gasteiger partial charge in [-0.2, -0.15) is 0 Å². The Bertz CT molecular complexity index is 616. The third-order valence-electron chi connectivity index (χ3n) is 2.94. The molecule has 98 valence electrons. The number of rotatable bonds is 3. The second-order valence-corrected chi connectivity index (χ2v) is 5.19. The Hall–Kier alpha value is -1.88. The SMILES string of the molecule is Nc1ccc(Br)cc1NCc1ccc2c(c1)OCO2. The number of nitrogens with two attached hydrogens (primary N) is 1. The average molecular weight is 321 g/mol. The molecule has 5 heteroatoms. The summed E-state index contributed by atoms with van der Waals surface area (Å²) in [6.45, 7) is 0.974. The van der Waals surface area contributed by atoms with E-state index in [0.29, 0.717) is 13.3 Å². The maximum Gasteiger partial charge on any atom is 0.231 e. The first-order chi connectivity index (χ1) is 9.22. The van der Waals surface area contributed by atoms with Gasteiger partial charge in [-0.15, -0.1) is 0 Å². The second kappa shape index (κ2) is 5.01. The fourth-order valence-electron chi connectivity index (χ4n) is 1.93. The predicted octanol–water partition coefficient (Wildman–Crippen LogP) is 3.37. The lowest BCUT2D eigenvalue weighted by atomic mass is 10.2. The first kappa shape index (κ1) is 12.2. The molecule has 0 unspecified atom stereocenters. The Labute approximate surface area is 119 Å². The van der Waals surface area contributed by atoms with Crippen LogP contribution < -0.4 is 20.5 Å². The Balaban J connectivity index is 1.74. The summed E-state index contributed by atoms with van der Waals surface area (Å²) in [5.74, 6) is 1.59. The Morgan fingerprint density at radius 1 is 1.11 bits per heavy atom. The minimum absolute atomic E-state index is 0.296. The smallest absolute Gasteiger partial charge is 0.231 e. The maximum atomic E-state index is 5.92. The van der Waals surface area contributed by atoms with E-state index in [4.69, 9.17) is 15.2 Å². The van der Waals surface area contributed by atoms with Gasteiger partial charge < -0.3 is 20.5 Å². The summed E-state index contributed by atoms with van der Waals surface area (Å²) < 4.78 is 11.6. The second-order valence-electron chi connectivity index (χ2n) is 4.27. The summed E-state index contributed by atoms with van der Waals surface area (Å²) >= 11 is 3.43. The number of nitrogens with one attached hydrogen (secondary N) is 1. The highest BCUT2D eigenvalue weighted by atomic mass is 79.9. The number of halogens is 1. The minimum atomic E-state index is 0.296. The number of benzene rings is 2. The van der Waals surface area contributed by atoms with E-state index in [-0.39, 0.29) is 0 Å². The van der Waals surface area contributed by atoms with Gasteiger partial charge in [0.2, 0.25) is 6.79 Å². The molecule has 1 heterocycles. The van der Waals surface area contributed by atoms with Crippen molar-refractivity contribution in [3.63, 3.8) is 0 Å². The van der Waals surface area contributed by atoms with Crippen molar-refractivity contribution in [1.82, 2.24) is 0 Å². The van der Waals surface area contributed by atoms with Crippen molar-refractivity contribution in [3.05, 3.63) is 46.4 Å². The number of nitrogen functional groups attached to an aromatic ring is 1. The van der Waals surface area contributed by atoms with Gasteiger partial charge in [0.15, 0.2) is 11.5 Å². The Kier molecular flexibility index (Phi) is 3.21. The van der Waals surface area contributed by atoms with Crippen LogP contribution in [0.4, 0.5) is 11.4 Å². The fourth-order valence-corrected chi connectivity index (χ4v) is 2.29. The van der Waals surface area contributed by atoms with E-state index in [0.717, 1.165) is 32.9 Å². The van der Waals surface area contributed by atoms with Crippen molar-refractivity contribution in [2.75, 3.05) is 17.8 Å². The minimum Gasteiger partial charge on any atom is -0.454 e. The van der Waals surface area contributed by atoms with Crippen molar-refractivity contribution in [2.45, 2.75) is 6.54 Å². The van der Waals surface area contributed by atoms with Crippen molar-refractivity contribution in [1.29, 1.82) is 0 Å². The van der Waals surface area contributed by atoms with Crippen LogP contribution in [0.5, 0.6) is 11.5 Å². The van der Waals surface area contributed by atoms with Crippen LogP contribution in [0, 0.1) is 0 Å². The molecule has 3 rings (SSSR count). The van der Waals surface area contributed by atoms with Crippen molar-refractivity contribution < 1.29 is 9.47 Å². The van der Waals surface area contributed by atoms with Crippen LogP contribution >= 0.6 is 15.9 Å². The Morgan fingerprint density at radius 2 is 1.95 bits per heavy atom. The predicted molar refractivity (Wildman–Crippen MR) is 78.4 cm³/mol. The molecule has 0 fully saturated rings. The molecule has 0 amide bonds. The molecule has 1 aliphatic heterocycles. The zero-order chi connectivity index (χ0) is 13.2. The number of anilines is 2. The number of hydrogen-bond acceptors (Lipinski definition) is 4. The molecule has 0 bridgehead atoms. The van der Waals surface area contributed by atoms with E-state index in [9.17, 15) is 0 Å². The van der Waals surface area contributed by atoms with Gasteiger partial charge in [-0.3, -0.25) is 0 Å². The van der Waals surface area contributed by atoms with E-state index >= 15 is 0 Å². The van der Waals surface area contributed by atoms with Gasteiger partial charge in [0.1, 0.15) is 0 Å². The summed E-state index contributed by atoms with van der Waals surface area (Å²) in [5, 5.41) is 3.31. The van der Waals surface area contributed by atoms with Crippen LogP contribution in [-0.4, -0.2) is 6.79 Å². The molecule has 3 N–H and O–H groups in total. The van der Waals surface area contributed by atoms with E-state index in [1.165, 1.54) is 0 Å². The van der Waals surface area contributed by atoms with E-state index < -0.39 is 0 Å². The largest absolute Gasteiger partial charge is 0.454 e. The highest BCUT2D eigenvalue weighted by Gasteiger charge is 2.13. The molecule has 19 heavy (non-hydrogen) atoms.